The number of hydrogen-bond acceptors (Lipinski definition) is 6. The lowest BCUT2D eigenvalue weighted by atomic mass is 10.1. The van der Waals surface area contributed by atoms with Crippen LogP contribution < -0.4 is 11.1 Å². The molecule has 3 N–H and O–H groups in total. The molecule has 0 aliphatic carbocycles. The Morgan fingerprint density at radius 3 is 2.10 bits per heavy atom. The number of rotatable bonds is 2. The van der Waals surface area contributed by atoms with Crippen molar-refractivity contribution < 1.29 is 0 Å². The molecular weight excluding hydrogens is 290 g/mol. The zero-order valence-corrected chi connectivity index (χ0v) is 14.1. The molecule has 2 heterocycles. The molecule has 20 heavy (non-hydrogen) atoms. The van der Waals surface area contributed by atoms with Gasteiger partial charge in [0.1, 0.15) is 0 Å². The number of nitrogens with two attached hydrogens (primary N) is 1. The maximum absolute atomic E-state index is 5.29. The summed E-state index contributed by atoms with van der Waals surface area (Å²) in [6.07, 6.45) is 1.71. The van der Waals surface area contributed by atoms with Gasteiger partial charge in [-0.05, 0) is 34.6 Å². The predicted octanol–water partition coefficient (Wildman–Crippen LogP) is 3.72. The Kier molecular flexibility index (Phi) is 6.09. The van der Waals surface area contributed by atoms with Crippen molar-refractivity contribution >= 4 is 39.3 Å². The zero-order chi connectivity index (χ0) is 15.2. The number of aliphatic imine (C=N–C) groups is 1. The molecule has 0 fully saturated rings. The van der Waals surface area contributed by atoms with E-state index in [1.165, 1.54) is 11.3 Å². The average molecular weight is 311 g/mol. The highest BCUT2D eigenvalue weighted by atomic mass is 32.1. The minimum atomic E-state index is -0.0285. The summed E-state index contributed by atoms with van der Waals surface area (Å²) in [6.45, 7) is 10.1. The van der Waals surface area contributed by atoms with Crippen molar-refractivity contribution in [1.29, 1.82) is 0 Å². The van der Waals surface area contributed by atoms with Gasteiger partial charge in [-0.3, -0.25) is 4.99 Å². The van der Waals surface area contributed by atoms with Gasteiger partial charge in [0.15, 0.2) is 10.3 Å². The summed E-state index contributed by atoms with van der Waals surface area (Å²) < 4.78 is 0. The maximum atomic E-state index is 5.29. The van der Waals surface area contributed by atoms with Crippen molar-refractivity contribution in [1.82, 2.24) is 9.97 Å². The summed E-state index contributed by atoms with van der Waals surface area (Å²) in [4.78, 5) is 12.4. The quantitative estimate of drug-likeness (QED) is 0.654. The number of aryl methyl sites for hydroxylation is 2. The molecule has 0 atom stereocenters. The van der Waals surface area contributed by atoms with Gasteiger partial charge in [0.25, 0.3) is 0 Å². The monoisotopic (exact) mass is 311 g/mol. The molecule has 7 heteroatoms. The largest absolute Gasteiger partial charge is 0.375 e. The molecule has 0 unspecified atom stereocenters. The van der Waals surface area contributed by atoms with Gasteiger partial charge in [0.05, 0.1) is 23.3 Å². The van der Waals surface area contributed by atoms with Gasteiger partial charge in [0, 0.05) is 10.8 Å². The van der Waals surface area contributed by atoms with E-state index >= 15 is 0 Å². The van der Waals surface area contributed by atoms with E-state index in [0.717, 1.165) is 16.5 Å². The van der Waals surface area contributed by atoms with Gasteiger partial charge in [-0.2, -0.15) is 0 Å². The van der Waals surface area contributed by atoms with Crippen LogP contribution in [0.15, 0.2) is 15.8 Å². The fraction of sp³-hybridized carbons (Fsp3) is 0.462. The van der Waals surface area contributed by atoms with Crippen molar-refractivity contribution in [2.45, 2.75) is 40.2 Å². The lowest BCUT2D eigenvalue weighted by molar-refractivity contribution is 0.586. The summed E-state index contributed by atoms with van der Waals surface area (Å²) in [5.74, 6) is 0. The third-order valence-corrected chi connectivity index (χ3v) is 3.58. The molecule has 2 rings (SSSR count). The fourth-order valence-electron chi connectivity index (χ4n) is 1.07. The van der Waals surface area contributed by atoms with Crippen LogP contribution in [-0.2, 0) is 0 Å². The molecule has 5 nitrogen and oxygen atoms in total. The van der Waals surface area contributed by atoms with Crippen LogP contribution in [0.4, 0.5) is 10.3 Å². The fourth-order valence-corrected chi connectivity index (χ4v) is 2.27. The third-order valence-electron chi connectivity index (χ3n) is 1.90. The minimum Gasteiger partial charge on any atom is -0.375 e. The Labute approximate surface area is 128 Å². The number of nitrogens with one attached hydrogen (secondary N) is 1. The molecule has 0 aromatic carbocycles. The molecular formula is C13H21N5S2. The van der Waals surface area contributed by atoms with Crippen LogP contribution in [0, 0.1) is 13.8 Å². The molecule has 2 aromatic rings. The Balaban J connectivity index is 0.000000240. The molecule has 0 saturated heterocycles. The zero-order valence-electron chi connectivity index (χ0n) is 12.5. The van der Waals surface area contributed by atoms with Crippen LogP contribution in [-0.4, -0.2) is 21.8 Å². The van der Waals surface area contributed by atoms with Gasteiger partial charge in [-0.25, -0.2) is 9.97 Å². The van der Waals surface area contributed by atoms with Gasteiger partial charge in [-0.15, -0.1) is 22.7 Å². The summed E-state index contributed by atoms with van der Waals surface area (Å²) in [7, 11) is 0. The highest BCUT2D eigenvalue weighted by Gasteiger charge is 2.04. The first-order chi connectivity index (χ1) is 9.26. The van der Waals surface area contributed by atoms with Gasteiger partial charge >= 0.3 is 0 Å². The van der Waals surface area contributed by atoms with Gasteiger partial charge in [-0.1, -0.05) is 0 Å². The van der Waals surface area contributed by atoms with Gasteiger partial charge in [0.2, 0.25) is 0 Å². The van der Waals surface area contributed by atoms with Gasteiger partial charge < -0.3 is 11.1 Å². The second kappa shape index (κ2) is 7.35. The molecule has 0 aliphatic heterocycles. The van der Waals surface area contributed by atoms with Crippen molar-refractivity contribution in [3.05, 3.63) is 22.1 Å². The maximum Gasteiger partial charge on any atom is 0.188 e. The summed E-state index contributed by atoms with van der Waals surface area (Å²) >= 11 is 3.06. The van der Waals surface area contributed by atoms with E-state index < -0.39 is 0 Å². The van der Waals surface area contributed by atoms with E-state index in [1.807, 2.05) is 24.6 Å². The van der Waals surface area contributed by atoms with Crippen LogP contribution in [0.2, 0.25) is 0 Å². The molecule has 2 aromatic heterocycles. The van der Waals surface area contributed by atoms with Crippen molar-refractivity contribution in [3.8, 4) is 0 Å². The Morgan fingerprint density at radius 2 is 1.75 bits per heavy atom. The lowest BCUT2D eigenvalue weighted by Crippen LogP contribution is -2.11. The number of nitrogen functional groups attached to an aromatic ring is 1. The summed E-state index contributed by atoms with van der Waals surface area (Å²) in [5.41, 5.74) is 7.30. The van der Waals surface area contributed by atoms with E-state index in [4.69, 9.17) is 5.73 Å². The second-order valence-electron chi connectivity index (χ2n) is 5.19. The molecule has 0 spiro atoms. The van der Waals surface area contributed by atoms with E-state index in [0.29, 0.717) is 5.13 Å². The van der Waals surface area contributed by atoms with Crippen LogP contribution >= 0.6 is 22.7 Å². The number of thiazole rings is 2. The first-order valence-electron chi connectivity index (χ1n) is 6.16. The molecule has 0 saturated carbocycles. The van der Waals surface area contributed by atoms with E-state index in [9.17, 15) is 0 Å². The third kappa shape index (κ3) is 7.20. The van der Waals surface area contributed by atoms with Crippen LogP contribution in [0.25, 0.3) is 0 Å². The van der Waals surface area contributed by atoms with Crippen LogP contribution in [0.5, 0.6) is 0 Å². The normalized spacial score (nSPS) is 11.2. The molecule has 0 aliphatic rings. The lowest BCUT2D eigenvalue weighted by Gasteiger charge is -2.10. The number of aromatic nitrogens is 2. The Morgan fingerprint density at radius 1 is 1.15 bits per heavy atom. The molecule has 0 radical (unpaired) electrons. The van der Waals surface area contributed by atoms with Crippen molar-refractivity contribution in [2.24, 2.45) is 4.99 Å². The smallest absolute Gasteiger partial charge is 0.188 e. The molecule has 0 amide bonds. The van der Waals surface area contributed by atoms with Crippen molar-refractivity contribution in [2.75, 3.05) is 11.1 Å². The first-order valence-corrected chi connectivity index (χ1v) is 7.92. The molecule has 110 valence electrons. The highest BCUT2D eigenvalue weighted by molar-refractivity contribution is 7.14. The predicted molar refractivity (Wildman–Crippen MR) is 90.0 cm³/mol. The number of anilines is 2. The van der Waals surface area contributed by atoms with E-state index in [-0.39, 0.29) is 5.54 Å². The topological polar surface area (TPSA) is 76.2 Å². The van der Waals surface area contributed by atoms with Crippen LogP contribution in [0.1, 0.15) is 32.2 Å². The summed E-state index contributed by atoms with van der Waals surface area (Å²) in [6, 6.07) is 0. The summed E-state index contributed by atoms with van der Waals surface area (Å²) in [5, 5.41) is 8.52. The van der Waals surface area contributed by atoms with Crippen molar-refractivity contribution in [3.63, 3.8) is 0 Å². The minimum absolute atomic E-state index is 0.0285. The number of nitrogens with zero attached hydrogens (tertiary/aromatic N) is 3. The standard InChI is InChI=1S/C9H15N3S.C4H6N2S/c1-7-5-13-8(12-7)10-6-11-9(2,3)4;1-3-2-7-4(5)6-3/h5-6H,1-4H3,(H,10,11,12);2H,1H3,(H2,5,6). The Hall–Kier alpha value is -1.47. The van der Waals surface area contributed by atoms with E-state index in [2.05, 4.69) is 41.0 Å². The molecule has 0 bridgehead atoms. The average Bonchev–Trinajstić information content (AvgIpc) is 2.87. The second-order valence-corrected chi connectivity index (χ2v) is 6.94. The van der Waals surface area contributed by atoms with Crippen LogP contribution in [0.3, 0.4) is 0 Å². The SMILES string of the molecule is Cc1csc(N)n1.Cc1csc(NC=NC(C)(C)C)n1. The first kappa shape index (κ1) is 16.6. The number of hydrogen-bond donors (Lipinski definition) is 2. The Bertz CT molecular complexity index is 535. The van der Waals surface area contributed by atoms with E-state index in [1.54, 1.807) is 17.7 Å². The highest BCUT2D eigenvalue weighted by Crippen LogP contribution is 2.13.